The van der Waals surface area contributed by atoms with Crippen LogP contribution in [0.3, 0.4) is 0 Å². The molecule has 17 heavy (non-hydrogen) atoms. The molecule has 1 aliphatic rings. The standard InChI is InChI=1S/C11H9NO4S/c1-8-2-7-11(13)12(8)9-3-5-10(6-4-9)17(14,15)16/h2-7H,1H2,(H,14,15,16). The Hall–Kier alpha value is -1.92. The molecule has 0 aromatic heterocycles. The number of nitrogens with zero attached hydrogens (tertiary/aromatic N) is 1. The lowest BCUT2D eigenvalue weighted by Gasteiger charge is -2.17. The highest BCUT2D eigenvalue weighted by Crippen LogP contribution is 2.24. The van der Waals surface area contributed by atoms with Gasteiger partial charge in [-0.05, 0) is 30.3 Å². The maximum absolute atomic E-state index is 11.5. The Labute approximate surface area is 98.4 Å². The summed E-state index contributed by atoms with van der Waals surface area (Å²) >= 11 is 0. The van der Waals surface area contributed by atoms with Crippen LogP contribution in [0.1, 0.15) is 0 Å². The van der Waals surface area contributed by atoms with Crippen molar-refractivity contribution in [3.8, 4) is 0 Å². The van der Waals surface area contributed by atoms with Gasteiger partial charge in [0.2, 0.25) is 0 Å². The van der Waals surface area contributed by atoms with Gasteiger partial charge in [-0.25, -0.2) is 0 Å². The molecule has 1 aromatic rings. The molecular weight excluding hydrogens is 242 g/mol. The van der Waals surface area contributed by atoms with Crippen molar-refractivity contribution in [2.24, 2.45) is 0 Å². The smallest absolute Gasteiger partial charge is 0.282 e. The molecule has 1 aliphatic heterocycles. The minimum absolute atomic E-state index is 0.216. The largest absolute Gasteiger partial charge is 0.294 e. The molecule has 0 unspecified atom stereocenters. The van der Waals surface area contributed by atoms with E-state index in [0.29, 0.717) is 11.4 Å². The number of benzene rings is 1. The van der Waals surface area contributed by atoms with E-state index in [2.05, 4.69) is 6.58 Å². The second-order valence-electron chi connectivity index (χ2n) is 3.47. The van der Waals surface area contributed by atoms with E-state index in [1.54, 1.807) is 6.08 Å². The first-order valence-corrected chi connectivity index (χ1v) is 6.12. The first-order valence-electron chi connectivity index (χ1n) is 4.68. The highest BCUT2D eigenvalue weighted by atomic mass is 32.2. The highest BCUT2D eigenvalue weighted by molar-refractivity contribution is 7.85. The van der Waals surface area contributed by atoms with Crippen LogP contribution in [-0.4, -0.2) is 18.9 Å². The summed E-state index contributed by atoms with van der Waals surface area (Å²) < 4.78 is 30.5. The fraction of sp³-hybridized carbons (Fsp3) is 0. The second kappa shape index (κ2) is 3.83. The van der Waals surface area contributed by atoms with Crippen molar-refractivity contribution < 1.29 is 17.8 Å². The van der Waals surface area contributed by atoms with Crippen LogP contribution < -0.4 is 4.90 Å². The van der Waals surface area contributed by atoms with Crippen molar-refractivity contribution in [3.63, 3.8) is 0 Å². The Balaban J connectivity index is 2.37. The summed E-state index contributed by atoms with van der Waals surface area (Å²) in [6.45, 7) is 3.68. The van der Waals surface area contributed by atoms with Crippen LogP contribution >= 0.6 is 0 Å². The fourth-order valence-electron chi connectivity index (χ4n) is 1.52. The van der Waals surface area contributed by atoms with Gasteiger partial charge in [0.25, 0.3) is 16.0 Å². The van der Waals surface area contributed by atoms with Crippen LogP contribution in [0.5, 0.6) is 0 Å². The minimum atomic E-state index is -4.21. The normalized spacial score (nSPS) is 15.7. The van der Waals surface area contributed by atoms with Gasteiger partial charge in [-0.15, -0.1) is 0 Å². The maximum atomic E-state index is 11.5. The van der Waals surface area contributed by atoms with Gasteiger partial charge in [0.1, 0.15) is 0 Å². The topological polar surface area (TPSA) is 74.7 Å². The quantitative estimate of drug-likeness (QED) is 0.805. The number of amides is 1. The van der Waals surface area contributed by atoms with Crippen molar-refractivity contribution in [2.45, 2.75) is 4.90 Å². The van der Waals surface area contributed by atoms with E-state index in [-0.39, 0.29) is 10.8 Å². The molecule has 5 nitrogen and oxygen atoms in total. The lowest BCUT2D eigenvalue weighted by molar-refractivity contribution is -0.113. The summed E-state index contributed by atoms with van der Waals surface area (Å²) in [7, 11) is -4.21. The van der Waals surface area contributed by atoms with Crippen molar-refractivity contribution >= 4 is 21.7 Å². The third kappa shape index (κ3) is 2.13. The Morgan fingerprint density at radius 1 is 1.12 bits per heavy atom. The van der Waals surface area contributed by atoms with Gasteiger partial charge >= 0.3 is 0 Å². The SMILES string of the molecule is C=C1C=CC(=O)N1c1ccc(S(=O)(=O)O)cc1. The number of carbonyl (C=O) groups excluding carboxylic acids is 1. The van der Waals surface area contributed by atoms with E-state index in [4.69, 9.17) is 4.55 Å². The monoisotopic (exact) mass is 251 g/mol. The van der Waals surface area contributed by atoms with Crippen LogP contribution in [0.15, 0.2) is 53.6 Å². The number of allylic oxidation sites excluding steroid dienone is 1. The molecule has 1 amide bonds. The average Bonchev–Trinajstić information content (AvgIpc) is 2.58. The number of carbonyl (C=O) groups is 1. The molecule has 0 spiro atoms. The summed E-state index contributed by atoms with van der Waals surface area (Å²) in [5, 5.41) is 0. The van der Waals surface area contributed by atoms with Gasteiger partial charge in [-0.3, -0.25) is 14.2 Å². The Morgan fingerprint density at radius 3 is 2.12 bits per heavy atom. The number of anilines is 1. The lowest BCUT2D eigenvalue weighted by atomic mass is 10.3. The zero-order chi connectivity index (χ0) is 12.6. The van der Waals surface area contributed by atoms with E-state index in [0.717, 1.165) is 0 Å². The molecule has 0 fully saturated rings. The molecule has 0 atom stereocenters. The molecule has 1 aromatic carbocycles. The molecule has 0 aliphatic carbocycles. The molecule has 88 valence electrons. The van der Waals surface area contributed by atoms with Crippen LogP contribution in [0.25, 0.3) is 0 Å². The molecular formula is C11H9NO4S. The van der Waals surface area contributed by atoms with Crippen LogP contribution in [0, 0.1) is 0 Å². The van der Waals surface area contributed by atoms with Crippen LogP contribution in [0.2, 0.25) is 0 Å². The Morgan fingerprint density at radius 2 is 1.71 bits per heavy atom. The second-order valence-corrected chi connectivity index (χ2v) is 4.89. The molecule has 0 saturated carbocycles. The molecule has 0 saturated heterocycles. The zero-order valence-electron chi connectivity index (χ0n) is 8.70. The van der Waals surface area contributed by atoms with Gasteiger partial charge in [0.15, 0.2) is 0 Å². The third-order valence-corrected chi connectivity index (χ3v) is 3.19. The number of hydrogen-bond donors (Lipinski definition) is 1. The maximum Gasteiger partial charge on any atom is 0.294 e. The lowest BCUT2D eigenvalue weighted by Crippen LogP contribution is -2.22. The Bertz CT molecular complexity index is 595. The van der Waals surface area contributed by atoms with Gasteiger partial charge in [-0.1, -0.05) is 6.58 Å². The summed E-state index contributed by atoms with van der Waals surface area (Å²) in [6, 6.07) is 5.31. The van der Waals surface area contributed by atoms with E-state index in [9.17, 15) is 13.2 Å². The summed E-state index contributed by atoms with van der Waals surface area (Å²) in [4.78, 5) is 12.6. The van der Waals surface area contributed by atoms with Gasteiger partial charge in [0.05, 0.1) is 4.90 Å². The third-order valence-electron chi connectivity index (χ3n) is 2.32. The van der Waals surface area contributed by atoms with Gasteiger partial charge in [0, 0.05) is 17.5 Å². The molecule has 1 heterocycles. The van der Waals surface area contributed by atoms with E-state index < -0.39 is 10.1 Å². The highest BCUT2D eigenvalue weighted by Gasteiger charge is 2.20. The van der Waals surface area contributed by atoms with Crippen LogP contribution in [-0.2, 0) is 14.9 Å². The van der Waals surface area contributed by atoms with Crippen molar-refractivity contribution in [2.75, 3.05) is 4.90 Å². The van der Waals surface area contributed by atoms with E-state index in [1.165, 1.54) is 35.2 Å². The van der Waals surface area contributed by atoms with E-state index in [1.807, 2.05) is 0 Å². The van der Waals surface area contributed by atoms with Gasteiger partial charge in [-0.2, -0.15) is 8.42 Å². The predicted molar refractivity (Wildman–Crippen MR) is 62.0 cm³/mol. The molecule has 1 N–H and O–H groups in total. The molecule has 6 heteroatoms. The van der Waals surface area contributed by atoms with Gasteiger partial charge < -0.3 is 0 Å². The van der Waals surface area contributed by atoms with Crippen molar-refractivity contribution in [3.05, 3.63) is 48.7 Å². The zero-order valence-corrected chi connectivity index (χ0v) is 9.52. The summed E-state index contributed by atoms with van der Waals surface area (Å²) in [6.07, 6.45) is 2.94. The molecule has 0 bridgehead atoms. The molecule has 0 radical (unpaired) electrons. The number of hydrogen-bond acceptors (Lipinski definition) is 3. The van der Waals surface area contributed by atoms with E-state index >= 15 is 0 Å². The summed E-state index contributed by atoms with van der Waals surface area (Å²) in [5.41, 5.74) is 1.01. The Kier molecular flexibility index (Phi) is 2.60. The summed E-state index contributed by atoms with van der Waals surface area (Å²) in [5.74, 6) is -0.241. The fourth-order valence-corrected chi connectivity index (χ4v) is 2.00. The van der Waals surface area contributed by atoms with Crippen molar-refractivity contribution in [1.29, 1.82) is 0 Å². The first-order chi connectivity index (χ1) is 7.89. The first kappa shape index (κ1) is 11.6. The van der Waals surface area contributed by atoms with Crippen LogP contribution in [0.4, 0.5) is 5.69 Å². The minimum Gasteiger partial charge on any atom is -0.282 e. The average molecular weight is 251 g/mol. The predicted octanol–water partition coefficient (Wildman–Crippen LogP) is 1.35. The van der Waals surface area contributed by atoms with Crippen molar-refractivity contribution in [1.82, 2.24) is 0 Å². The number of rotatable bonds is 2. The molecule has 2 rings (SSSR count).